The van der Waals surface area contributed by atoms with E-state index >= 15 is 0 Å². The number of anilines is 1. The van der Waals surface area contributed by atoms with Gasteiger partial charge in [-0.15, -0.1) is 0 Å². The van der Waals surface area contributed by atoms with Crippen molar-refractivity contribution in [3.05, 3.63) is 58.7 Å². The first-order valence-electron chi connectivity index (χ1n) is 8.37. The van der Waals surface area contributed by atoms with E-state index in [4.69, 9.17) is 4.74 Å². The fourth-order valence-electron chi connectivity index (χ4n) is 3.87. The Balaban J connectivity index is 1.80. The molecule has 118 valence electrons. The first-order valence-corrected chi connectivity index (χ1v) is 8.37. The topological polar surface area (TPSA) is 29.5 Å². The zero-order valence-corrected chi connectivity index (χ0v) is 13.6. The third-order valence-electron chi connectivity index (χ3n) is 4.97. The van der Waals surface area contributed by atoms with Crippen LogP contribution in [0.15, 0.2) is 36.4 Å². The van der Waals surface area contributed by atoms with E-state index in [0.29, 0.717) is 6.61 Å². The molecule has 0 unspecified atom stereocenters. The van der Waals surface area contributed by atoms with Crippen molar-refractivity contribution in [2.75, 3.05) is 11.5 Å². The van der Waals surface area contributed by atoms with Gasteiger partial charge in [0.15, 0.2) is 0 Å². The van der Waals surface area contributed by atoms with Crippen molar-refractivity contribution < 1.29 is 9.53 Å². The predicted octanol–water partition coefficient (Wildman–Crippen LogP) is 3.91. The summed E-state index contributed by atoms with van der Waals surface area (Å²) in [6.07, 6.45) is 2.89. The minimum atomic E-state index is 0.138. The lowest BCUT2D eigenvalue weighted by Gasteiger charge is -2.23. The second-order valence-electron chi connectivity index (χ2n) is 6.41. The molecule has 0 saturated carbocycles. The van der Waals surface area contributed by atoms with Crippen LogP contribution in [0.2, 0.25) is 0 Å². The third-order valence-corrected chi connectivity index (χ3v) is 4.97. The number of rotatable bonds is 2. The first kappa shape index (κ1) is 14.3. The molecule has 0 aromatic heterocycles. The highest BCUT2D eigenvalue weighted by molar-refractivity contribution is 6.09. The average Bonchev–Trinajstić information content (AvgIpc) is 2.87. The molecule has 0 bridgehead atoms. The fourth-order valence-corrected chi connectivity index (χ4v) is 3.87. The molecule has 3 heteroatoms. The minimum absolute atomic E-state index is 0.138. The number of nitrogens with zero attached hydrogens (tertiary/aromatic N) is 1. The van der Waals surface area contributed by atoms with E-state index in [1.54, 1.807) is 0 Å². The average molecular weight is 307 g/mol. The van der Waals surface area contributed by atoms with Gasteiger partial charge in [-0.3, -0.25) is 4.79 Å². The zero-order valence-electron chi connectivity index (χ0n) is 13.6. The number of para-hydroxylation sites is 1. The lowest BCUT2D eigenvalue weighted by molar-refractivity contribution is 0.0981. The molecule has 0 radical (unpaired) electrons. The summed E-state index contributed by atoms with van der Waals surface area (Å²) in [5, 5.41) is 0. The highest BCUT2D eigenvalue weighted by atomic mass is 16.5. The molecular formula is C20H21NO2. The maximum absolute atomic E-state index is 13.2. The van der Waals surface area contributed by atoms with E-state index in [2.05, 4.69) is 24.3 Å². The predicted molar refractivity (Wildman–Crippen MR) is 91.4 cm³/mol. The van der Waals surface area contributed by atoms with Crippen molar-refractivity contribution in [1.29, 1.82) is 0 Å². The van der Waals surface area contributed by atoms with Gasteiger partial charge in [0.1, 0.15) is 5.75 Å². The molecule has 0 aliphatic carbocycles. The van der Waals surface area contributed by atoms with Crippen molar-refractivity contribution in [2.45, 2.75) is 39.2 Å². The minimum Gasteiger partial charge on any atom is -0.494 e. The van der Waals surface area contributed by atoms with Gasteiger partial charge in [0.2, 0.25) is 0 Å². The van der Waals surface area contributed by atoms with Gasteiger partial charge in [-0.05, 0) is 68.0 Å². The summed E-state index contributed by atoms with van der Waals surface area (Å²) in [6, 6.07) is 12.6. The number of ether oxygens (including phenoxy) is 1. The van der Waals surface area contributed by atoms with E-state index in [-0.39, 0.29) is 11.9 Å². The quantitative estimate of drug-likeness (QED) is 0.842. The van der Waals surface area contributed by atoms with Gasteiger partial charge in [0, 0.05) is 17.3 Å². The van der Waals surface area contributed by atoms with Crippen molar-refractivity contribution in [3.8, 4) is 5.75 Å². The molecule has 0 fully saturated rings. The number of hydrogen-bond donors (Lipinski definition) is 0. The summed E-state index contributed by atoms with van der Waals surface area (Å²) >= 11 is 0. The SMILES string of the molecule is CCOc1cc2c(cc1C)C(=O)N1c3ccccc3C[C@H]1CC2. The number of benzene rings is 2. The molecule has 2 aliphatic heterocycles. The molecule has 1 atom stereocenters. The van der Waals surface area contributed by atoms with Crippen LogP contribution in [0.5, 0.6) is 5.75 Å². The fraction of sp³-hybridized carbons (Fsp3) is 0.350. The number of carbonyl (C=O) groups excluding carboxylic acids is 1. The third kappa shape index (κ3) is 2.23. The monoisotopic (exact) mass is 307 g/mol. The maximum Gasteiger partial charge on any atom is 0.258 e. The van der Waals surface area contributed by atoms with Gasteiger partial charge in [-0.1, -0.05) is 18.2 Å². The molecule has 2 aromatic rings. The molecule has 4 rings (SSSR count). The van der Waals surface area contributed by atoms with Gasteiger partial charge in [-0.25, -0.2) is 0 Å². The van der Waals surface area contributed by atoms with Crippen LogP contribution in [0.4, 0.5) is 5.69 Å². The van der Waals surface area contributed by atoms with E-state index in [0.717, 1.165) is 47.4 Å². The molecule has 1 amide bonds. The summed E-state index contributed by atoms with van der Waals surface area (Å²) in [5.74, 6) is 1.04. The van der Waals surface area contributed by atoms with Crippen LogP contribution in [0.3, 0.4) is 0 Å². The van der Waals surface area contributed by atoms with Gasteiger partial charge in [0.05, 0.1) is 6.61 Å². The highest BCUT2D eigenvalue weighted by Gasteiger charge is 2.37. The molecule has 3 nitrogen and oxygen atoms in total. The van der Waals surface area contributed by atoms with Crippen LogP contribution < -0.4 is 9.64 Å². The van der Waals surface area contributed by atoms with Gasteiger partial charge >= 0.3 is 0 Å². The van der Waals surface area contributed by atoms with Crippen molar-refractivity contribution >= 4 is 11.6 Å². The molecule has 2 aliphatic rings. The van der Waals surface area contributed by atoms with E-state index in [1.165, 1.54) is 5.56 Å². The number of carbonyl (C=O) groups is 1. The first-order chi connectivity index (χ1) is 11.2. The molecule has 0 spiro atoms. The molecule has 0 saturated heterocycles. The Morgan fingerprint density at radius 3 is 2.87 bits per heavy atom. The van der Waals surface area contributed by atoms with E-state index in [9.17, 15) is 4.79 Å². The summed E-state index contributed by atoms with van der Waals surface area (Å²) in [5.41, 5.74) is 5.37. The Labute approximate surface area is 136 Å². The lowest BCUT2D eigenvalue weighted by atomic mass is 9.98. The number of amides is 1. The second-order valence-corrected chi connectivity index (χ2v) is 6.41. The summed E-state index contributed by atoms with van der Waals surface area (Å²) < 4.78 is 5.70. The normalized spacial score (nSPS) is 19.0. The van der Waals surface area contributed by atoms with Crippen LogP contribution in [0.25, 0.3) is 0 Å². The zero-order chi connectivity index (χ0) is 16.0. The Hall–Kier alpha value is -2.29. The van der Waals surface area contributed by atoms with Crippen molar-refractivity contribution in [3.63, 3.8) is 0 Å². The van der Waals surface area contributed by atoms with Gasteiger partial charge < -0.3 is 9.64 Å². The van der Waals surface area contributed by atoms with E-state index in [1.807, 2.05) is 30.9 Å². The molecular weight excluding hydrogens is 286 g/mol. The van der Waals surface area contributed by atoms with Crippen molar-refractivity contribution in [2.24, 2.45) is 0 Å². The summed E-state index contributed by atoms with van der Waals surface area (Å²) in [7, 11) is 0. The largest absolute Gasteiger partial charge is 0.494 e. The highest BCUT2D eigenvalue weighted by Crippen LogP contribution is 2.38. The Morgan fingerprint density at radius 1 is 1.22 bits per heavy atom. The molecule has 0 N–H and O–H groups in total. The lowest BCUT2D eigenvalue weighted by Crippen LogP contribution is -2.36. The van der Waals surface area contributed by atoms with Gasteiger partial charge in [-0.2, -0.15) is 0 Å². The van der Waals surface area contributed by atoms with Crippen LogP contribution in [0.1, 0.15) is 40.4 Å². The second kappa shape index (κ2) is 5.41. The smallest absolute Gasteiger partial charge is 0.258 e. The maximum atomic E-state index is 13.2. The Morgan fingerprint density at radius 2 is 2.04 bits per heavy atom. The molecule has 2 heterocycles. The van der Waals surface area contributed by atoms with Gasteiger partial charge in [0.25, 0.3) is 5.91 Å². The van der Waals surface area contributed by atoms with Crippen LogP contribution in [-0.4, -0.2) is 18.6 Å². The molecule has 23 heavy (non-hydrogen) atoms. The number of fused-ring (bicyclic) bond motifs is 4. The Kier molecular flexibility index (Phi) is 3.37. The number of aryl methyl sites for hydroxylation is 2. The van der Waals surface area contributed by atoms with Crippen LogP contribution in [0, 0.1) is 6.92 Å². The van der Waals surface area contributed by atoms with Crippen molar-refractivity contribution in [1.82, 2.24) is 0 Å². The van der Waals surface area contributed by atoms with Crippen LogP contribution in [-0.2, 0) is 12.8 Å². The summed E-state index contributed by atoms with van der Waals surface area (Å²) in [4.78, 5) is 15.2. The summed E-state index contributed by atoms with van der Waals surface area (Å²) in [6.45, 7) is 4.65. The van der Waals surface area contributed by atoms with E-state index < -0.39 is 0 Å². The van der Waals surface area contributed by atoms with Crippen LogP contribution >= 0.6 is 0 Å². The Bertz CT molecular complexity index is 781. The standard InChI is InChI=1S/C20H21NO2/c1-3-23-19-12-14-8-9-16-11-15-6-4-5-7-18(15)21(16)20(22)17(14)10-13(19)2/h4-7,10,12,16H,3,8-9,11H2,1-2H3/t16-/m1/s1. The molecule has 2 aromatic carbocycles. The number of hydrogen-bond acceptors (Lipinski definition) is 2.